The molecule has 0 atom stereocenters. The molecule has 130 valence electrons. The van der Waals surface area contributed by atoms with E-state index in [1.807, 2.05) is 18.2 Å². The van der Waals surface area contributed by atoms with Crippen molar-refractivity contribution in [2.75, 3.05) is 4.72 Å². The highest BCUT2D eigenvalue weighted by atomic mass is 32.2. The molecule has 4 aromatic rings. The van der Waals surface area contributed by atoms with Gasteiger partial charge in [-0.3, -0.25) is 9.71 Å². The molecular formula is C17H14N6O2S. The maximum Gasteiger partial charge on any atom is 0.261 e. The molecule has 2 heterocycles. The lowest BCUT2D eigenvalue weighted by molar-refractivity contribution is 0.601. The van der Waals surface area contributed by atoms with E-state index in [0.29, 0.717) is 16.9 Å². The van der Waals surface area contributed by atoms with E-state index in [1.165, 1.54) is 17.1 Å². The molecule has 0 aliphatic heterocycles. The van der Waals surface area contributed by atoms with Crippen LogP contribution < -0.4 is 4.72 Å². The van der Waals surface area contributed by atoms with Crippen molar-refractivity contribution < 1.29 is 8.42 Å². The van der Waals surface area contributed by atoms with Crippen molar-refractivity contribution in [1.82, 2.24) is 25.2 Å². The average molecular weight is 366 g/mol. The molecule has 0 saturated heterocycles. The topological polar surface area (TPSA) is 103 Å². The first kappa shape index (κ1) is 16.2. The van der Waals surface area contributed by atoms with E-state index in [2.05, 4.69) is 25.2 Å². The first-order valence-electron chi connectivity index (χ1n) is 7.75. The van der Waals surface area contributed by atoms with Gasteiger partial charge >= 0.3 is 0 Å². The molecule has 0 spiro atoms. The summed E-state index contributed by atoms with van der Waals surface area (Å²) in [4.78, 5) is 4.42. The van der Waals surface area contributed by atoms with Gasteiger partial charge < -0.3 is 0 Å². The monoisotopic (exact) mass is 366 g/mol. The Hall–Kier alpha value is -3.33. The third kappa shape index (κ3) is 2.88. The van der Waals surface area contributed by atoms with Crippen molar-refractivity contribution in [2.45, 2.75) is 11.8 Å². The van der Waals surface area contributed by atoms with Gasteiger partial charge in [0.1, 0.15) is 6.33 Å². The maximum atomic E-state index is 12.8. The molecule has 0 fully saturated rings. The zero-order valence-corrected chi connectivity index (χ0v) is 14.6. The summed E-state index contributed by atoms with van der Waals surface area (Å²) in [6, 6.07) is 13.8. The molecule has 1 N–H and O–H groups in total. The van der Waals surface area contributed by atoms with Crippen molar-refractivity contribution in [3.05, 3.63) is 66.6 Å². The zero-order chi connectivity index (χ0) is 18.1. The fourth-order valence-electron chi connectivity index (χ4n) is 2.71. The second-order valence-corrected chi connectivity index (χ2v) is 7.37. The van der Waals surface area contributed by atoms with Crippen LogP contribution in [0.3, 0.4) is 0 Å². The van der Waals surface area contributed by atoms with Crippen LogP contribution in [0, 0.1) is 6.92 Å². The SMILES string of the molecule is Cc1cc(S(=O)(=O)Nc2cccc3cccnc23)ccc1-n1cnnn1. The van der Waals surface area contributed by atoms with Crippen molar-refractivity contribution in [1.29, 1.82) is 0 Å². The number of anilines is 1. The number of aryl methyl sites for hydroxylation is 1. The van der Waals surface area contributed by atoms with Crippen LogP contribution >= 0.6 is 0 Å². The fraction of sp³-hybridized carbons (Fsp3) is 0.0588. The number of hydrogen-bond donors (Lipinski definition) is 1. The summed E-state index contributed by atoms with van der Waals surface area (Å²) in [5.74, 6) is 0. The Morgan fingerprint density at radius 3 is 2.69 bits per heavy atom. The first-order valence-corrected chi connectivity index (χ1v) is 9.23. The molecule has 26 heavy (non-hydrogen) atoms. The molecule has 2 aromatic heterocycles. The highest BCUT2D eigenvalue weighted by Gasteiger charge is 2.17. The Morgan fingerprint density at radius 1 is 1.08 bits per heavy atom. The summed E-state index contributed by atoms with van der Waals surface area (Å²) in [6.07, 6.45) is 3.09. The minimum absolute atomic E-state index is 0.153. The largest absolute Gasteiger partial charge is 0.277 e. The second-order valence-electron chi connectivity index (χ2n) is 5.69. The Kier molecular flexibility index (Phi) is 3.85. The van der Waals surface area contributed by atoms with E-state index in [-0.39, 0.29) is 4.90 Å². The summed E-state index contributed by atoms with van der Waals surface area (Å²) in [5, 5.41) is 11.9. The summed E-state index contributed by atoms with van der Waals surface area (Å²) in [7, 11) is -3.76. The smallest absolute Gasteiger partial charge is 0.261 e. The molecule has 8 nitrogen and oxygen atoms in total. The van der Waals surface area contributed by atoms with Crippen LogP contribution in [0.4, 0.5) is 5.69 Å². The number of rotatable bonds is 4. The van der Waals surface area contributed by atoms with Crippen molar-refractivity contribution >= 4 is 26.6 Å². The molecule has 0 saturated carbocycles. The standard InChI is InChI=1S/C17H14N6O2S/c1-12-10-14(7-8-16(12)23-11-19-21-22-23)26(24,25)20-15-6-2-4-13-5-3-9-18-17(13)15/h2-11,20H,1H3. The van der Waals surface area contributed by atoms with Gasteiger partial charge in [-0.1, -0.05) is 18.2 Å². The summed E-state index contributed by atoms with van der Waals surface area (Å²) >= 11 is 0. The van der Waals surface area contributed by atoms with Gasteiger partial charge in [0.2, 0.25) is 0 Å². The lowest BCUT2D eigenvalue weighted by atomic mass is 10.2. The van der Waals surface area contributed by atoms with E-state index in [9.17, 15) is 8.42 Å². The Balaban J connectivity index is 1.72. The number of nitrogens with one attached hydrogen (secondary N) is 1. The van der Waals surface area contributed by atoms with Crippen LogP contribution in [0.1, 0.15) is 5.56 Å². The Bertz CT molecular complexity index is 1180. The van der Waals surface area contributed by atoms with Gasteiger partial charge in [-0.05, 0) is 53.2 Å². The molecule has 2 aromatic carbocycles. The van der Waals surface area contributed by atoms with Gasteiger partial charge in [-0.25, -0.2) is 13.1 Å². The molecule has 0 aliphatic rings. The van der Waals surface area contributed by atoms with Crippen molar-refractivity contribution in [2.24, 2.45) is 0 Å². The van der Waals surface area contributed by atoms with Crippen molar-refractivity contribution in [3.63, 3.8) is 0 Å². The van der Waals surface area contributed by atoms with Gasteiger partial charge in [-0.2, -0.15) is 0 Å². The number of benzene rings is 2. The molecule has 4 rings (SSSR count). The Labute approximate surface area is 149 Å². The fourth-order valence-corrected chi connectivity index (χ4v) is 3.87. The number of fused-ring (bicyclic) bond motifs is 1. The highest BCUT2D eigenvalue weighted by Crippen LogP contribution is 2.25. The number of hydrogen-bond acceptors (Lipinski definition) is 6. The minimum Gasteiger partial charge on any atom is -0.277 e. The lowest BCUT2D eigenvalue weighted by Crippen LogP contribution is -2.14. The predicted octanol–water partition coefficient (Wildman–Crippen LogP) is 2.32. The first-order chi connectivity index (χ1) is 12.5. The van der Waals surface area contributed by atoms with Crippen LogP contribution in [0.5, 0.6) is 0 Å². The Morgan fingerprint density at radius 2 is 1.92 bits per heavy atom. The second kappa shape index (κ2) is 6.19. The highest BCUT2D eigenvalue weighted by molar-refractivity contribution is 7.92. The number of nitrogens with zero attached hydrogens (tertiary/aromatic N) is 5. The number of pyridine rings is 1. The molecule has 0 bridgehead atoms. The molecule has 0 unspecified atom stereocenters. The lowest BCUT2D eigenvalue weighted by Gasteiger charge is -2.12. The summed E-state index contributed by atoms with van der Waals surface area (Å²) in [6.45, 7) is 1.80. The van der Waals surface area contributed by atoms with Crippen LogP contribution in [-0.2, 0) is 10.0 Å². The summed E-state index contributed by atoms with van der Waals surface area (Å²) < 4.78 is 29.7. The third-order valence-corrected chi connectivity index (χ3v) is 5.31. The molecule has 0 amide bonds. The predicted molar refractivity (Wildman–Crippen MR) is 96.4 cm³/mol. The van der Waals surface area contributed by atoms with Crippen LogP contribution in [0.2, 0.25) is 0 Å². The molecular weight excluding hydrogens is 352 g/mol. The van der Waals surface area contributed by atoms with Gasteiger partial charge in [-0.15, -0.1) is 5.10 Å². The quantitative estimate of drug-likeness (QED) is 0.595. The number of aromatic nitrogens is 5. The van der Waals surface area contributed by atoms with Crippen LogP contribution in [-0.4, -0.2) is 33.6 Å². The number of sulfonamides is 1. The van der Waals surface area contributed by atoms with Gasteiger partial charge in [0.15, 0.2) is 0 Å². The summed E-state index contributed by atoms with van der Waals surface area (Å²) in [5.41, 5.74) is 2.47. The molecule has 0 aliphatic carbocycles. The van der Waals surface area contributed by atoms with Gasteiger partial charge in [0.05, 0.1) is 21.8 Å². The third-order valence-electron chi connectivity index (χ3n) is 3.95. The van der Waals surface area contributed by atoms with E-state index in [0.717, 1.165) is 10.9 Å². The van der Waals surface area contributed by atoms with Crippen molar-refractivity contribution in [3.8, 4) is 5.69 Å². The number of para-hydroxylation sites is 1. The van der Waals surface area contributed by atoms with Crippen LogP contribution in [0.25, 0.3) is 16.6 Å². The molecule has 0 radical (unpaired) electrons. The minimum atomic E-state index is -3.76. The van der Waals surface area contributed by atoms with Gasteiger partial charge in [0, 0.05) is 11.6 Å². The van der Waals surface area contributed by atoms with E-state index in [1.54, 1.807) is 37.4 Å². The van der Waals surface area contributed by atoms with Gasteiger partial charge in [0.25, 0.3) is 10.0 Å². The average Bonchev–Trinajstić information content (AvgIpc) is 3.16. The van der Waals surface area contributed by atoms with E-state index in [4.69, 9.17) is 0 Å². The van der Waals surface area contributed by atoms with E-state index >= 15 is 0 Å². The van der Waals surface area contributed by atoms with Crippen LogP contribution in [0.15, 0.2) is 66.0 Å². The van der Waals surface area contributed by atoms with E-state index < -0.39 is 10.0 Å². The zero-order valence-electron chi connectivity index (χ0n) is 13.7. The number of tetrazole rings is 1. The normalized spacial score (nSPS) is 11.6. The molecule has 9 heteroatoms. The maximum absolute atomic E-state index is 12.8.